The van der Waals surface area contributed by atoms with Crippen molar-refractivity contribution in [3.05, 3.63) is 23.4 Å². The van der Waals surface area contributed by atoms with E-state index in [0.717, 1.165) is 48.8 Å². The minimum atomic E-state index is 0.719. The third-order valence-electron chi connectivity index (χ3n) is 4.09. The van der Waals surface area contributed by atoms with Crippen LogP contribution < -0.4 is 4.90 Å². The van der Waals surface area contributed by atoms with Gasteiger partial charge in [0.15, 0.2) is 6.29 Å². The van der Waals surface area contributed by atoms with E-state index in [4.69, 9.17) is 0 Å². The predicted octanol–water partition coefficient (Wildman–Crippen LogP) is 3.47. The Bertz CT molecular complexity index is 425. The summed E-state index contributed by atoms with van der Waals surface area (Å²) in [6, 6.07) is 3.86. The summed E-state index contributed by atoms with van der Waals surface area (Å²) in [5.41, 5.74) is 1.78. The van der Waals surface area contributed by atoms with E-state index in [1.54, 1.807) is 0 Å². The molecule has 0 spiro atoms. The summed E-state index contributed by atoms with van der Waals surface area (Å²) < 4.78 is 0. The van der Waals surface area contributed by atoms with Crippen LogP contribution in [0.3, 0.4) is 0 Å². The highest BCUT2D eigenvalue weighted by atomic mass is 16.1. The van der Waals surface area contributed by atoms with Crippen molar-refractivity contribution in [1.29, 1.82) is 0 Å². The first-order valence-electron chi connectivity index (χ1n) is 7.48. The van der Waals surface area contributed by atoms with Crippen LogP contribution in [0.2, 0.25) is 0 Å². The molecule has 1 aromatic heterocycles. The summed E-state index contributed by atoms with van der Waals surface area (Å²) in [6.07, 6.45) is 7.18. The summed E-state index contributed by atoms with van der Waals surface area (Å²) in [7, 11) is 0. The fourth-order valence-corrected chi connectivity index (χ4v) is 2.91. The van der Waals surface area contributed by atoms with E-state index >= 15 is 0 Å². The molecule has 0 unspecified atom stereocenters. The molecule has 1 aromatic rings. The van der Waals surface area contributed by atoms with E-state index < -0.39 is 0 Å². The van der Waals surface area contributed by atoms with E-state index in [1.165, 1.54) is 25.7 Å². The van der Waals surface area contributed by atoms with Crippen molar-refractivity contribution in [3.63, 3.8) is 0 Å². The van der Waals surface area contributed by atoms with Gasteiger partial charge >= 0.3 is 0 Å². The maximum absolute atomic E-state index is 11.2. The summed E-state index contributed by atoms with van der Waals surface area (Å²) in [4.78, 5) is 18.2. The van der Waals surface area contributed by atoms with E-state index in [-0.39, 0.29) is 0 Å². The summed E-state index contributed by atoms with van der Waals surface area (Å²) in [5.74, 6) is 1.65. The van der Waals surface area contributed by atoms with E-state index in [2.05, 4.69) is 23.7 Å². The number of rotatable bonds is 6. The van der Waals surface area contributed by atoms with Crippen LogP contribution in [0, 0.1) is 5.92 Å². The molecule has 104 valence electrons. The molecular formula is C16H24N2O. The number of carbonyl (C=O) groups is 1. The first kappa shape index (κ1) is 14.0. The highest BCUT2D eigenvalue weighted by molar-refractivity contribution is 5.82. The van der Waals surface area contributed by atoms with Gasteiger partial charge in [-0.15, -0.1) is 0 Å². The zero-order valence-electron chi connectivity index (χ0n) is 12.1. The zero-order chi connectivity index (χ0) is 13.7. The van der Waals surface area contributed by atoms with Gasteiger partial charge in [-0.3, -0.25) is 4.79 Å². The van der Waals surface area contributed by atoms with Crippen LogP contribution in [0.5, 0.6) is 0 Å². The van der Waals surface area contributed by atoms with Gasteiger partial charge in [0.1, 0.15) is 5.82 Å². The van der Waals surface area contributed by atoms with Gasteiger partial charge in [-0.25, -0.2) is 4.98 Å². The third kappa shape index (κ3) is 3.34. The van der Waals surface area contributed by atoms with Crippen molar-refractivity contribution in [3.8, 4) is 0 Å². The second kappa shape index (κ2) is 6.69. The lowest BCUT2D eigenvalue weighted by Crippen LogP contribution is -2.30. The molecule has 0 atom stereocenters. The van der Waals surface area contributed by atoms with Gasteiger partial charge in [-0.05, 0) is 44.2 Å². The van der Waals surface area contributed by atoms with Gasteiger partial charge in [0.05, 0.1) is 5.56 Å². The molecule has 1 aliphatic carbocycles. The molecule has 1 fully saturated rings. The SMILES string of the molecule is CCc1ccc(C=O)c(N(CC)CC2CCCC2)n1. The lowest BCUT2D eigenvalue weighted by atomic mass is 10.1. The van der Waals surface area contributed by atoms with Crippen molar-refractivity contribution in [2.75, 3.05) is 18.0 Å². The molecular weight excluding hydrogens is 236 g/mol. The minimum absolute atomic E-state index is 0.719. The van der Waals surface area contributed by atoms with Crippen LogP contribution in [0.1, 0.15) is 55.6 Å². The van der Waals surface area contributed by atoms with Crippen LogP contribution in [0.15, 0.2) is 12.1 Å². The molecule has 3 nitrogen and oxygen atoms in total. The second-order valence-corrected chi connectivity index (χ2v) is 5.38. The molecule has 0 aromatic carbocycles. The van der Waals surface area contributed by atoms with Gasteiger partial charge in [0.2, 0.25) is 0 Å². The number of aryl methyl sites for hydroxylation is 1. The average Bonchev–Trinajstić information content (AvgIpc) is 2.97. The Hall–Kier alpha value is -1.38. The molecule has 0 bridgehead atoms. The molecule has 2 rings (SSSR count). The Morgan fingerprint density at radius 1 is 1.32 bits per heavy atom. The standard InChI is InChI=1S/C16H24N2O/c1-3-15-10-9-14(12-19)16(17-15)18(4-2)11-13-7-5-6-8-13/h9-10,12-13H,3-8,11H2,1-2H3. The summed E-state index contributed by atoms with van der Waals surface area (Å²) >= 11 is 0. The summed E-state index contributed by atoms with van der Waals surface area (Å²) in [6.45, 7) is 6.19. The molecule has 3 heteroatoms. The molecule has 1 heterocycles. The Morgan fingerprint density at radius 2 is 2.05 bits per heavy atom. The van der Waals surface area contributed by atoms with Crippen molar-refractivity contribution in [2.24, 2.45) is 5.92 Å². The van der Waals surface area contributed by atoms with Gasteiger partial charge in [-0.1, -0.05) is 19.8 Å². The number of aromatic nitrogens is 1. The highest BCUT2D eigenvalue weighted by Gasteiger charge is 2.20. The molecule has 0 N–H and O–H groups in total. The van der Waals surface area contributed by atoms with Crippen LogP contribution in [0.4, 0.5) is 5.82 Å². The number of hydrogen-bond acceptors (Lipinski definition) is 3. The minimum Gasteiger partial charge on any atom is -0.356 e. The monoisotopic (exact) mass is 260 g/mol. The number of anilines is 1. The van der Waals surface area contributed by atoms with Crippen LogP contribution >= 0.6 is 0 Å². The molecule has 0 amide bonds. The molecule has 0 saturated heterocycles. The van der Waals surface area contributed by atoms with Crippen molar-refractivity contribution < 1.29 is 4.79 Å². The fourth-order valence-electron chi connectivity index (χ4n) is 2.91. The number of hydrogen-bond donors (Lipinski definition) is 0. The van der Waals surface area contributed by atoms with Gasteiger partial charge < -0.3 is 4.90 Å². The average molecular weight is 260 g/mol. The lowest BCUT2D eigenvalue weighted by molar-refractivity contribution is 0.112. The van der Waals surface area contributed by atoms with E-state index in [9.17, 15) is 4.79 Å². The smallest absolute Gasteiger partial charge is 0.153 e. The van der Waals surface area contributed by atoms with E-state index in [0.29, 0.717) is 0 Å². The van der Waals surface area contributed by atoms with Gasteiger partial charge in [-0.2, -0.15) is 0 Å². The predicted molar refractivity (Wildman–Crippen MR) is 78.8 cm³/mol. The molecule has 0 radical (unpaired) electrons. The van der Waals surface area contributed by atoms with Crippen molar-refractivity contribution >= 4 is 12.1 Å². The molecule has 19 heavy (non-hydrogen) atoms. The maximum atomic E-state index is 11.2. The van der Waals surface area contributed by atoms with Gasteiger partial charge in [0, 0.05) is 18.8 Å². The first-order chi connectivity index (χ1) is 9.28. The second-order valence-electron chi connectivity index (χ2n) is 5.38. The van der Waals surface area contributed by atoms with Gasteiger partial charge in [0.25, 0.3) is 0 Å². The Kier molecular flexibility index (Phi) is 4.94. The molecule has 0 aliphatic heterocycles. The van der Waals surface area contributed by atoms with Crippen LogP contribution in [-0.2, 0) is 6.42 Å². The zero-order valence-corrected chi connectivity index (χ0v) is 12.1. The first-order valence-corrected chi connectivity index (χ1v) is 7.48. The third-order valence-corrected chi connectivity index (χ3v) is 4.09. The largest absolute Gasteiger partial charge is 0.356 e. The quantitative estimate of drug-likeness (QED) is 0.734. The lowest BCUT2D eigenvalue weighted by Gasteiger charge is -2.26. The number of pyridine rings is 1. The molecule has 1 saturated carbocycles. The highest BCUT2D eigenvalue weighted by Crippen LogP contribution is 2.27. The Morgan fingerprint density at radius 3 is 2.63 bits per heavy atom. The van der Waals surface area contributed by atoms with E-state index in [1.807, 2.05) is 12.1 Å². The van der Waals surface area contributed by atoms with Crippen molar-refractivity contribution in [1.82, 2.24) is 4.98 Å². The Balaban J connectivity index is 2.21. The normalized spacial score (nSPS) is 15.7. The Labute approximate surface area is 116 Å². The maximum Gasteiger partial charge on any atom is 0.153 e. The molecule has 1 aliphatic rings. The topological polar surface area (TPSA) is 33.2 Å². The van der Waals surface area contributed by atoms with Crippen molar-refractivity contribution in [2.45, 2.75) is 46.0 Å². The fraction of sp³-hybridized carbons (Fsp3) is 0.625. The number of carbonyl (C=O) groups excluding carboxylic acids is 1. The number of aldehydes is 1. The number of nitrogens with zero attached hydrogens (tertiary/aromatic N) is 2. The van der Waals surface area contributed by atoms with Crippen LogP contribution in [0.25, 0.3) is 0 Å². The summed E-state index contributed by atoms with van der Waals surface area (Å²) in [5, 5.41) is 0. The van der Waals surface area contributed by atoms with Crippen LogP contribution in [-0.4, -0.2) is 24.4 Å².